The van der Waals surface area contributed by atoms with E-state index in [1.54, 1.807) is 36.2 Å². The molecule has 1 heterocycles. The number of carbonyl (C=O) groups excluding carboxylic acids is 2. The fraction of sp³-hybridized carbons (Fsp3) is 0.579. The summed E-state index contributed by atoms with van der Waals surface area (Å²) in [7, 11) is 1.72. The van der Waals surface area contributed by atoms with Gasteiger partial charge in [0.25, 0.3) is 5.91 Å². The molecule has 1 aliphatic rings. The predicted octanol–water partition coefficient (Wildman–Crippen LogP) is 1.91. The number of ether oxygens (including phenoxy) is 2. The first-order chi connectivity index (χ1) is 12.0. The maximum Gasteiger partial charge on any atom is 0.260 e. The van der Waals surface area contributed by atoms with Crippen LogP contribution in [-0.2, 0) is 9.53 Å². The van der Waals surface area contributed by atoms with E-state index in [4.69, 9.17) is 9.47 Å². The van der Waals surface area contributed by atoms with Gasteiger partial charge in [0.1, 0.15) is 5.75 Å². The molecule has 0 aliphatic carbocycles. The largest absolute Gasteiger partial charge is 0.484 e. The Morgan fingerprint density at radius 1 is 1.24 bits per heavy atom. The maximum absolute atomic E-state index is 12.3. The van der Waals surface area contributed by atoms with Crippen molar-refractivity contribution in [1.82, 2.24) is 4.90 Å². The average molecular weight is 349 g/mol. The van der Waals surface area contributed by atoms with Crippen LogP contribution < -0.4 is 4.74 Å². The standard InChI is InChI=1S/C19H27NO5/c1-3-17(22)15-4-6-16(7-5-15)25-12-18(23)20(2)13-19(14-21)8-10-24-11-9-19/h4-7,21H,3,8-14H2,1-2H3. The quantitative estimate of drug-likeness (QED) is 0.726. The fourth-order valence-electron chi connectivity index (χ4n) is 2.96. The van der Waals surface area contributed by atoms with Crippen LogP contribution in [0.4, 0.5) is 0 Å². The summed E-state index contributed by atoms with van der Waals surface area (Å²) in [5.74, 6) is 0.485. The molecule has 1 amide bonds. The molecule has 1 N–H and O–H groups in total. The van der Waals surface area contributed by atoms with Crippen molar-refractivity contribution >= 4 is 11.7 Å². The lowest BCUT2D eigenvalue weighted by molar-refractivity contribution is -0.135. The zero-order valence-corrected chi connectivity index (χ0v) is 15.0. The van der Waals surface area contributed by atoms with E-state index in [0.29, 0.717) is 37.5 Å². The number of aliphatic hydroxyl groups excluding tert-OH is 1. The van der Waals surface area contributed by atoms with Crippen LogP contribution in [0.5, 0.6) is 5.75 Å². The van der Waals surface area contributed by atoms with Crippen LogP contribution >= 0.6 is 0 Å². The van der Waals surface area contributed by atoms with E-state index in [0.717, 1.165) is 12.8 Å². The van der Waals surface area contributed by atoms with Crippen LogP contribution in [0.3, 0.4) is 0 Å². The third kappa shape index (κ3) is 5.28. The summed E-state index contributed by atoms with van der Waals surface area (Å²) in [6.07, 6.45) is 1.95. The molecule has 2 rings (SSSR count). The van der Waals surface area contributed by atoms with Crippen molar-refractivity contribution in [2.75, 3.05) is 40.0 Å². The molecule has 0 saturated carbocycles. The van der Waals surface area contributed by atoms with Crippen LogP contribution in [-0.4, -0.2) is 61.7 Å². The van der Waals surface area contributed by atoms with E-state index in [2.05, 4.69) is 0 Å². The second-order valence-electron chi connectivity index (χ2n) is 6.61. The van der Waals surface area contributed by atoms with Gasteiger partial charge in [0.15, 0.2) is 12.4 Å². The van der Waals surface area contributed by atoms with Gasteiger partial charge < -0.3 is 19.5 Å². The summed E-state index contributed by atoms with van der Waals surface area (Å²) in [4.78, 5) is 25.5. The summed E-state index contributed by atoms with van der Waals surface area (Å²) in [5.41, 5.74) is 0.355. The molecule has 0 aromatic heterocycles. The van der Waals surface area contributed by atoms with Gasteiger partial charge in [-0.1, -0.05) is 6.92 Å². The Hall–Kier alpha value is -1.92. The summed E-state index contributed by atoms with van der Waals surface area (Å²) < 4.78 is 10.9. The number of Topliss-reactive ketones (excluding diaryl/α,β-unsaturated/α-hetero) is 1. The molecule has 1 aliphatic heterocycles. The second-order valence-corrected chi connectivity index (χ2v) is 6.61. The van der Waals surface area contributed by atoms with Gasteiger partial charge in [-0.3, -0.25) is 9.59 Å². The number of amides is 1. The molecule has 6 nitrogen and oxygen atoms in total. The molecule has 138 valence electrons. The summed E-state index contributed by atoms with van der Waals surface area (Å²) in [6.45, 7) is 3.50. The topological polar surface area (TPSA) is 76.1 Å². The van der Waals surface area contributed by atoms with Gasteiger partial charge in [-0.15, -0.1) is 0 Å². The lowest BCUT2D eigenvalue weighted by atomic mass is 9.80. The Morgan fingerprint density at radius 2 is 1.88 bits per heavy atom. The van der Waals surface area contributed by atoms with Gasteiger partial charge in [0.2, 0.25) is 0 Å². The van der Waals surface area contributed by atoms with Crippen LogP contribution in [0.2, 0.25) is 0 Å². The third-order valence-corrected chi connectivity index (χ3v) is 4.75. The van der Waals surface area contributed by atoms with Gasteiger partial charge in [-0.05, 0) is 37.1 Å². The summed E-state index contributed by atoms with van der Waals surface area (Å²) >= 11 is 0. The normalized spacial score (nSPS) is 16.3. The highest BCUT2D eigenvalue weighted by Gasteiger charge is 2.34. The second kappa shape index (κ2) is 8.97. The van der Waals surface area contributed by atoms with E-state index in [1.807, 2.05) is 6.92 Å². The van der Waals surface area contributed by atoms with Crippen molar-refractivity contribution in [2.45, 2.75) is 26.2 Å². The van der Waals surface area contributed by atoms with Crippen molar-refractivity contribution in [2.24, 2.45) is 5.41 Å². The van der Waals surface area contributed by atoms with Gasteiger partial charge in [0.05, 0.1) is 6.61 Å². The molecular formula is C19H27NO5. The minimum Gasteiger partial charge on any atom is -0.484 e. The van der Waals surface area contributed by atoms with Crippen molar-refractivity contribution in [3.63, 3.8) is 0 Å². The third-order valence-electron chi connectivity index (χ3n) is 4.75. The number of aliphatic hydroxyl groups is 1. The van der Waals surface area contributed by atoms with E-state index < -0.39 is 0 Å². The molecule has 25 heavy (non-hydrogen) atoms. The van der Waals surface area contributed by atoms with E-state index in [9.17, 15) is 14.7 Å². The van der Waals surface area contributed by atoms with Gasteiger partial charge in [-0.2, -0.15) is 0 Å². The van der Waals surface area contributed by atoms with Gasteiger partial charge in [0, 0.05) is 44.2 Å². The lowest BCUT2D eigenvalue weighted by Gasteiger charge is -2.38. The number of rotatable bonds is 8. The molecule has 6 heteroatoms. The molecule has 0 unspecified atom stereocenters. The van der Waals surface area contributed by atoms with Crippen molar-refractivity contribution in [3.8, 4) is 5.75 Å². The van der Waals surface area contributed by atoms with Crippen LogP contribution in [0.15, 0.2) is 24.3 Å². The molecule has 1 aromatic carbocycles. The SMILES string of the molecule is CCC(=O)c1ccc(OCC(=O)N(C)CC2(CO)CCOCC2)cc1. The fourth-order valence-corrected chi connectivity index (χ4v) is 2.96. The number of ketones is 1. The predicted molar refractivity (Wildman–Crippen MR) is 93.8 cm³/mol. The minimum absolute atomic E-state index is 0.0434. The Balaban J connectivity index is 1.85. The lowest BCUT2D eigenvalue weighted by Crippen LogP contribution is -2.45. The molecule has 0 spiro atoms. The smallest absolute Gasteiger partial charge is 0.260 e. The highest BCUT2D eigenvalue weighted by Crippen LogP contribution is 2.30. The van der Waals surface area contributed by atoms with E-state index in [-0.39, 0.29) is 30.3 Å². The monoisotopic (exact) mass is 349 g/mol. The summed E-state index contributed by atoms with van der Waals surface area (Å²) in [6, 6.07) is 6.81. The zero-order valence-electron chi connectivity index (χ0n) is 15.0. The maximum atomic E-state index is 12.3. The number of likely N-dealkylation sites (N-methyl/N-ethyl adjacent to an activating group) is 1. The molecule has 0 radical (unpaired) electrons. The van der Waals surface area contributed by atoms with Crippen molar-refractivity contribution in [3.05, 3.63) is 29.8 Å². The number of hydrogen-bond acceptors (Lipinski definition) is 5. The first kappa shape index (κ1) is 19.4. The van der Waals surface area contributed by atoms with Crippen molar-refractivity contribution in [1.29, 1.82) is 0 Å². The van der Waals surface area contributed by atoms with E-state index >= 15 is 0 Å². The molecule has 1 aromatic rings. The van der Waals surface area contributed by atoms with Crippen LogP contribution in [0.1, 0.15) is 36.5 Å². The molecule has 0 atom stereocenters. The molecular weight excluding hydrogens is 322 g/mol. The Bertz CT molecular complexity index is 578. The highest BCUT2D eigenvalue weighted by molar-refractivity contribution is 5.95. The number of nitrogens with zero attached hydrogens (tertiary/aromatic N) is 1. The Labute approximate surface area is 148 Å². The zero-order chi connectivity index (χ0) is 18.3. The van der Waals surface area contributed by atoms with Crippen LogP contribution in [0, 0.1) is 5.41 Å². The molecule has 0 bridgehead atoms. The van der Waals surface area contributed by atoms with E-state index in [1.165, 1.54) is 0 Å². The molecule has 1 fully saturated rings. The first-order valence-electron chi connectivity index (χ1n) is 8.68. The minimum atomic E-state index is -0.287. The number of hydrogen-bond donors (Lipinski definition) is 1. The number of benzene rings is 1. The molecule has 1 saturated heterocycles. The Morgan fingerprint density at radius 3 is 2.44 bits per heavy atom. The van der Waals surface area contributed by atoms with Gasteiger partial charge >= 0.3 is 0 Å². The van der Waals surface area contributed by atoms with Gasteiger partial charge in [-0.25, -0.2) is 0 Å². The summed E-state index contributed by atoms with van der Waals surface area (Å²) in [5, 5.41) is 9.72. The highest BCUT2D eigenvalue weighted by atomic mass is 16.5. The number of carbonyl (C=O) groups is 2. The van der Waals surface area contributed by atoms with Crippen LogP contribution in [0.25, 0.3) is 0 Å². The van der Waals surface area contributed by atoms with Crippen molar-refractivity contribution < 1.29 is 24.2 Å². The first-order valence-corrected chi connectivity index (χ1v) is 8.68. The average Bonchev–Trinajstić information content (AvgIpc) is 2.66. The Kier molecular flexibility index (Phi) is 6.96.